The van der Waals surface area contributed by atoms with Crippen molar-refractivity contribution in [3.8, 4) is 0 Å². The van der Waals surface area contributed by atoms with E-state index in [1.54, 1.807) is 12.5 Å². The van der Waals surface area contributed by atoms with Crippen LogP contribution in [0.15, 0.2) is 12.5 Å². The van der Waals surface area contributed by atoms with Crippen LogP contribution in [0.5, 0.6) is 0 Å². The Kier molecular flexibility index (Phi) is 2.61. The van der Waals surface area contributed by atoms with Gasteiger partial charge in [0, 0.05) is 6.61 Å². The summed E-state index contributed by atoms with van der Waals surface area (Å²) >= 11 is 0. The molecule has 1 aromatic rings. The van der Waals surface area contributed by atoms with Crippen LogP contribution in [0, 0.1) is 0 Å². The number of aliphatic hydroxyl groups excluding tert-OH is 1. The summed E-state index contributed by atoms with van der Waals surface area (Å²) in [5, 5.41) is 8.98. The first-order valence-corrected chi connectivity index (χ1v) is 4.61. The van der Waals surface area contributed by atoms with Gasteiger partial charge in [0.25, 0.3) is 0 Å². The number of aromatic nitrogens is 2. The molecule has 1 aliphatic rings. The van der Waals surface area contributed by atoms with E-state index in [0.717, 1.165) is 31.7 Å². The van der Waals surface area contributed by atoms with Gasteiger partial charge in [-0.25, -0.2) is 4.98 Å². The zero-order chi connectivity index (χ0) is 9.10. The largest absolute Gasteiger partial charge is 0.390 e. The van der Waals surface area contributed by atoms with Crippen molar-refractivity contribution in [1.29, 1.82) is 0 Å². The van der Waals surface area contributed by atoms with Crippen molar-refractivity contribution in [1.82, 2.24) is 9.55 Å². The van der Waals surface area contributed by atoms with Gasteiger partial charge in [-0.1, -0.05) is 0 Å². The molecule has 0 bridgehead atoms. The van der Waals surface area contributed by atoms with Crippen LogP contribution in [0.1, 0.15) is 18.5 Å². The standard InChI is InChI=1S/C9H14N2O2/c12-6-8-4-10-7-11(8)5-9-2-1-3-13-9/h4,7,9,12H,1-3,5-6H2/t9-/m0/s1. The summed E-state index contributed by atoms with van der Waals surface area (Å²) in [5.74, 6) is 0. The highest BCUT2D eigenvalue weighted by atomic mass is 16.5. The summed E-state index contributed by atoms with van der Waals surface area (Å²) in [7, 11) is 0. The zero-order valence-corrected chi connectivity index (χ0v) is 7.52. The average Bonchev–Trinajstić information content (AvgIpc) is 2.76. The number of imidazole rings is 1. The molecule has 0 saturated carbocycles. The molecule has 2 heterocycles. The molecule has 1 aromatic heterocycles. The summed E-state index contributed by atoms with van der Waals surface area (Å²) < 4.78 is 7.45. The lowest BCUT2D eigenvalue weighted by atomic mass is 10.2. The average molecular weight is 182 g/mol. The highest BCUT2D eigenvalue weighted by Gasteiger charge is 2.16. The minimum Gasteiger partial charge on any atom is -0.390 e. The molecule has 0 radical (unpaired) electrons. The summed E-state index contributed by atoms with van der Waals surface area (Å²) in [6.07, 6.45) is 6.00. The Labute approximate surface area is 77.2 Å². The van der Waals surface area contributed by atoms with Crippen LogP contribution in [-0.4, -0.2) is 27.4 Å². The van der Waals surface area contributed by atoms with Gasteiger partial charge in [0.1, 0.15) is 0 Å². The molecule has 0 amide bonds. The third-order valence-corrected chi connectivity index (χ3v) is 2.38. The molecule has 0 spiro atoms. The fraction of sp³-hybridized carbons (Fsp3) is 0.667. The maximum atomic E-state index is 8.98. The molecule has 1 aliphatic heterocycles. The quantitative estimate of drug-likeness (QED) is 0.742. The second kappa shape index (κ2) is 3.89. The first-order valence-electron chi connectivity index (χ1n) is 4.61. The summed E-state index contributed by atoms with van der Waals surface area (Å²) in [6.45, 7) is 1.73. The van der Waals surface area contributed by atoms with E-state index >= 15 is 0 Å². The van der Waals surface area contributed by atoms with E-state index in [-0.39, 0.29) is 6.61 Å². The maximum absolute atomic E-state index is 8.98. The number of hydrogen-bond acceptors (Lipinski definition) is 3. The van der Waals surface area contributed by atoms with Crippen molar-refractivity contribution < 1.29 is 9.84 Å². The highest BCUT2D eigenvalue weighted by molar-refractivity contribution is 4.96. The molecular formula is C9H14N2O2. The van der Waals surface area contributed by atoms with Crippen LogP contribution in [0.25, 0.3) is 0 Å². The lowest BCUT2D eigenvalue weighted by molar-refractivity contribution is 0.0952. The number of aliphatic hydroxyl groups is 1. The smallest absolute Gasteiger partial charge is 0.0949 e. The van der Waals surface area contributed by atoms with Gasteiger partial charge in [0.15, 0.2) is 0 Å². The number of rotatable bonds is 3. The molecule has 2 rings (SSSR count). The van der Waals surface area contributed by atoms with Crippen LogP contribution >= 0.6 is 0 Å². The Hall–Kier alpha value is -0.870. The lowest BCUT2D eigenvalue weighted by Gasteiger charge is -2.11. The van der Waals surface area contributed by atoms with Crippen LogP contribution in [0.3, 0.4) is 0 Å². The molecule has 1 saturated heterocycles. The molecule has 0 unspecified atom stereocenters. The van der Waals surface area contributed by atoms with Crippen molar-refractivity contribution in [3.05, 3.63) is 18.2 Å². The maximum Gasteiger partial charge on any atom is 0.0949 e. The van der Waals surface area contributed by atoms with Gasteiger partial charge in [-0.2, -0.15) is 0 Å². The minimum atomic E-state index is 0.0483. The molecule has 4 nitrogen and oxygen atoms in total. The van der Waals surface area contributed by atoms with E-state index < -0.39 is 0 Å². The Morgan fingerprint density at radius 3 is 3.31 bits per heavy atom. The second-order valence-corrected chi connectivity index (χ2v) is 3.33. The third-order valence-electron chi connectivity index (χ3n) is 2.38. The Bertz CT molecular complexity index is 266. The van der Waals surface area contributed by atoms with Crippen molar-refractivity contribution in [2.45, 2.75) is 32.1 Å². The predicted octanol–water partition coefficient (Wildman–Crippen LogP) is 0.554. The molecule has 4 heteroatoms. The number of ether oxygens (including phenoxy) is 1. The summed E-state index contributed by atoms with van der Waals surface area (Å²) in [5.41, 5.74) is 0.857. The van der Waals surface area contributed by atoms with E-state index in [2.05, 4.69) is 4.98 Å². The number of hydrogen-bond donors (Lipinski definition) is 1. The Morgan fingerprint density at radius 1 is 1.69 bits per heavy atom. The van der Waals surface area contributed by atoms with Crippen LogP contribution in [0.2, 0.25) is 0 Å². The molecule has 1 atom stereocenters. The monoisotopic (exact) mass is 182 g/mol. The third kappa shape index (κ3) is 1.89. The minimum absolute atomic E-state index is 0.0483. The second-order valence-electron chi connectivity index (χ2n) is 3.33. The molecule has 13 heavy (non-hydrogen) atoms. The van der Waals surface area contributed by atoms with Gasteiger partial charge in [-0.15, -0.1) is 0 Å². The van der Waals surface area contributed by atoms with Gasteiger partial charge in [-0.05, 0) is 12.8 Å². The van der Waals surface area contributed by atoms with Crippen LogP contribution in [0.4, 0.5) is 0 Å². The van der Waals surface area contributed by atoms with Gasteiger partial charge >= 0.3 is 0 Å². The first-order chi connectivity index (χ1) is 6.40. The molecule has 1 fully saturated rings. The molecular weight excluding hydrogens is 168 g/mol. The van der Waals surface area contributed by atoms with Gasteiger partial charge in [0.2, 0.25) is 0 Å². The van der Waals surface area contributed by atoms with E-state index in [1.165, 1.54) is 0 Å². The van der Waals surface area contributed by atoms with E-state index in [4.69, 9.17) is 9.84 Å². The van der Waals surface area contributed by atoms with Crippen molar-refractivity contribution in [2.75, 3.05) is 6.61 Å². The molecule has 1 N–H and O–H groups in total. The van der Waals surface area contributed by atoms with E-state index in [0.29, 0.717) is 6.10 Å². The zero-order valence-electron chi connectivity index (χ0n) is 7.52. The van der Waals surface area contributed by atoms with Crippen molar-refractivity contribution in [3.63, 3.8) is 0 Å². The fourth-order valence-corrected chi connectivity index (χ4v) is 1.65. The summed E-state index contributed by atoms with van der Waals surface area (Å²) in [6, 6.07) is 0. The Balaban J connectivity index is 1.99. The van der Waals surface area contributed by atoms with Gasteiger partial charge in [-0.3, -0.25) is 0 Å². The fourth-order valence-electron chi connectivity index (χ4n) is 1.65. The van der Waals surface area contributed by atoms with Gasteiger partial charge < -0.3 is 14.4 Å². The van der Waals surface area contributed by atoms with Crippen molar-refractivity contribution in [2.24, 2.45) is 0 Å². The Morgan fingerprint density at radius 2 is 2.62 bits per heavy atom. The van der Waals surface area contributed by atoms with Crippen LogP contribution < -0.4 is 0 Å². The lowest BCUT2D eigenvalue weighted by Crippen LogP contribution is -2.15. The van der Waals surface area contributed by atoms with E-state index in [1.807, 2.05) is 4.57 Å². The van der Waals surface area contributed by atoms with E-state index in [9.17, 15) is 0 Å². The van der Waals surface area contributed by atoms with Crippen LogP contribution in [-0.2, 0) is 17.9 Å². The highest BCUT2D eigenvalue weighted by Crippen LogP contribution is 2.14. The predicted molar refractivity (Wildman–Crippen MR) is 47.1 cm³/mol. The topological polar surface area (TPSA) is 47.3 Å². The molecule has 72 valence electrons. The molecule has 0 aromatic carbocycles. The summed E-state index contributed by atoms with van der Waals surface area (Å²) in [4.78, 5) is 3.98. The van der Waals surface area contributed by atoms with Crippen molar-refractivity contribution >= 4 is 0 Å². The normalized spacial score (nSPS) is 22.4. The van der Waals surface area contributed by atoms with Gasteiger partial charge in [0.05, 0.1) is 37.5 Å². The molecule has 0 aliphatic carbocycles. The number of nitrogens with zero attached hydrogens (tertiary/aromatic N) is 2. The first kappa shape index (κ1) is 8.72. The SMILES string of the molecule is OCc1cncn1C[C@@H]1CCCO1.